The van der Waals surface area contributed by atoms with Crippen LogP contribution in [0.5, 0.6) is 5.75 Å². The Balaban J connectivity index is 1.65. The number of ether oxygens (including phenoxy) is 1. The maximum atomic E-state index is 12.3. The van der Waals surface area contributed by atoms with Crippen LogP contribution in [-0.2, 0) is 16.0 Å². The molecule has 0 spiro atoms. The molecular formula is C19H19BrClN3O3. The van der Waals surface area contributed by atoms with Gasteiger partial charge in [0.05, 0.1) is 23.8 Å². The van der Waals surface area contributed by atoms with Crippen molar-refractivity contribution in [3.05, 3.63) is 45.4 Å². The first-order valence-corrected chi connectivity index (χ1v) is 9.54. The third-order valence-electron chi connectivity index (χ3n) is 4.29. The highest BCUT2D eigenvalue weighted by Gasteiger charge is 2.22. The molecule has 0 saturated heterocycles. The van der Waals surface area contributed by atoms with Crippen molar-refractivity contribution < 1.29 is 14.3 Å². The molecule has 0 saturated carbocycles. The lowest BCUT2D eigenvalue weighted by molar-refractivity contribution is -0.116. The molecule has 6 nitrogen and oxygen atoms in total. The van der Waals surface area contributed by atoms with Crippen LogP contribution in [0.25, 0.3) is 0 Å². The second kappa shape index (κ2) is 8.19. The monoisotopic (exact) mass is 451 g/mol. The van der Waals surface area contributed by atoms with E-state index in [1.165, 1.54) is 0 Å². The summed E-state index contributed by atoms with van der Waals surface area (Å²) in [6.07, 6.45) is 0.782. The minimum Gasteiger partial charge on any atom is -0.493 e. The number of hydrogen-bond acceptors (Lipinski definition) is 4. The van der Waals surface area contributed by atoms with Gasteiger partial charge in [0.15, 0.2) is 5.75 Å². The molecule has 0 radical (unpaired) electrons. The Morgan fingerprint density at radius 2 is 2.07 bits per heavy atom. The number of halogens is 2. The summed E-state index contributed by atoms with van der Waals surface area (Å²) >= 11 is 9.44. The zero-order valence-corrected chi connectivity index (χ0v) is 17.3. The third-order valence-corrected chi connectivity index (χ3v) is 5.10. The first-order chi connectivity index (χ1) is 12.9. The second-order valence-electron chi connectivity index (χ2n) is 6.13. The summed E-state index contributed by atoms with van der Waals surface area (Å²) in [4.78, 5) is 25.7. The van der Waals surface area contributed by atoms with Crippen molar-refractivity contribution in [3.8, 4) is 5.75 Å². The molecule has 0 aromatic heterocycles. The fourth-order valence-corrected chi connectivity index (χ4v) is 4.06. The van der Waals surface area contributed by atoms with Crippen LogP contribution in [0, 0.1) is 0 Å². The Kier molecular flexibility index (Phi) is 5.92. The van der Waals surface area contributed by atoms with Crippen molar-refractivity contribution in [2.45, 2.75) is 13.3 Å². The number of carbonyl (C=O) groups is 2. The van der Waals surface area contributed by atoms with E-state index in [1.54, 1.807) is 37.1 Å². The van der Waals surface area contributed by atoms with Crippen molar-refractivity contribution in [2.75, 3.05) is 35.7 Å². The number of rotatable bonds is 5. The number of anilines is 3. The molecule has 8 heteroatoms. The molecule has 1 heterocycles. The molecule has 2 amide bonds. The predicted octanol–water partition coefficient (Wildman–Crippen LogP) is 4.07. The van der Waals surface area contributed by atoms with Gasteiger partial charge in [-0.2, -0.15) is 0 Å². The van der Waals surface area contributed by atoms with Crippen LogP contribution < -0.4 is 20.3 Å². The van der Waals surface area contributed by atoms with Crippen LogP contribution >= 0.6 is 27.5 Å². The van der Waals surface area contributed by atoms with Crippen molar-refractivity contribution in [1.82, 2.24) is 0 Å². The van der Waals surface area contributed by atoms with Crippen LogP contribution in [0.15, 0.2) is 34.8 Å². The van der Waals surface area contributed by atoms with E-state index in [-0.39, 0.29) is 18.4 Å². The number of hydrogen-bond donors (Lipinski definition) is 2. The maximum Gasteiger partial charge on any atom is 0.243 e. The normalized spacial score (nSPS) is 12.5. The molecule has 2 aromatic carbocycles. The average molecular weight is 453 g/mol. The average Bonchev–Trinajstić information content (AvgIpc) is 3.03. The van der Waals surface area contributed by atoms with Crippen LogP contribution in [0.4, 0.5) is 17.1 Å². The van der Waals surface area contributed by atoms with E-state index in [0.29, 0.717) is 33.2 Å². The van der Waals surface area contributed by atoms with Crippen molar-refractivity contribution in [2.24, 2.45) is 0 Å². The number of nitrogens with zero attached hydrogens (tertiary/aromatic N) is 1. The van der Waals surface area contributed by atoms with E-state index in [0.717, 1.165) is 17.7 Å². The quantitative estimate of drug-likeness (QED) is 0.717. The van der Waals surface area contributed by atoms with E-state index in [2.05, 4.69) is 26.6 Å². The van der Waals surface area contributed by atoms with Gasteiger partial charge in [-0.15, -0.1) is 0 Å². The number of fused-ring (bicyclic) bond motifs is 1. The van der Waals surface area contributed by atoms with Gasteiger partial charge >= 0.3 is 0 Å². The lowest BCUT2D eigenvalue weighted by Crippen LogP contribution is -2.25. The highest BCUT2D eigenvalue weighted by Crippen LogP contribution is 2.36. The van der Waals surface area contributed by atoms with Gasteiger partial charge in [0.2, 0.25) is 11.8 Å². The van der Waals surface area contributed by atoms with Crippen molar-refractivity contribution >= 4 is 56.4 Å². The van der Waals surface area contributed by atoms with Gasteiger partial charge in [-0.05, 0) is 58.2 Å². The van der Waals surface area contributed by atoms with E-state index in [4.69, 9.17) is 16.3 Å². The van der Waals surface area contributed by atoms with Gasteiger partial charge in [0, 0.05) is 29.9 Å². The van der Waals surface area contributed by atoms with Gasteiger partial charge in [-0.3, -0.25) is 9.59 Å². The molecule has 142 valence electrons. The Morgan fingerprint density at radius 1 is 1.30 bits per heavy atom. The lowest BCUT2D eigenvalue weighted by Gasteiger charge is -2.15. The standard InChI is InChI=1S/C19H19BrClN3O3/c1-11(25)24-6-5-12-7-14(3-4-17(12)24)23-18(26)10-22-16-9-13(21)8-15(20)19(16)27-2/h3-4,7-9,22H,5-6,10H2,1-2H3,(H,23,26). The number of benzene rings is 2. The number of nitrogens with one attached hydrogen (secondary N) is 2. The second-order valence-corrected chi connectivity index (χ2v) is 7.43. The topological polar surface area (TPSA) is 70.7 Å². The number of amides is 2. The van der Waals surface area contributed by atoms with E-state index >= 15 is 0 Å². The summed E-state index contributed by atoms with van der Waals surface area (Å²) in [6.45, 7) is 2.28. The lowest BCUT2D eigenvalue weighted by atomic mass is 10.1. The number of methoxy groups -OCH3 is 1. The van der Waals surface area contributed by atoms with E-state index in [9.17, 15) is 9.59 Å². The molecule has 0 aliphatic carbocycles. The van der Waals surface area contributed by atoms with Gasteiger partial charge in [-0.25, -0.2) is 0 Å². The van der Waals surface area contributed by atoms with Crippen LogP contribution in [0.1, 0.15) is 12.5 Å². The first kappa shape index (κ1) is 19.5. The summed E-state index contributed by atoms with van der Waals surface area (Å²) in [5, 5.41) is 6.43. The summed E-state index contributed by atoms with van der Waals surface area (Å²) in [7, 11) is 1.55. The molecule has 2 N–H and O–H groups in total. The minimum atomic E-state index is -0.200. The van der Waals surface area contributed by atoms with Crippen molar-refractivity contribution in [1.29, 1.82) is 0 Å². The Hall–Kier alpha value is -2.25. The van der Waals surface area contributed by atoms with Crippen LogP contribution in [0.3, 0.4) is 0 Å². The first-order valence-electron chi connectivity index (χ1n) is 8.37. The van der Waals surface area contributed by atoms with E-state index < -0.39 is 0 Å². The highest BCUT2D eigenvalue weighted by molar-refractivity contribution is 9.10. The fourth-order valence-electron chi connectivity index (χ4n) is 3.09. The van der Waals surface area contributed by atoms with Crippen molar-refractivity contribution in [3.63, 3.8) is 0 Å². The molecule has 0 fully saturated rings. The molecule has 3 rings (SSSR count). The fraction of sp³-hybridized carbons (Fsp3) is 0.263. The van der Waals surface area contributed by atoms with Gasteiger partial charge < -0.3 is 20.3 Å². The third kappa shape index (κ3) is 4.36. The summed E-state index contributed by atoms with van der Waals surface area (Å²) in [6, 6.07) is 9.00. The Morgan fingerprint density at radius 3 is 2.78 bits per heavy atom. The largest absolute Gasteiger partial charge is 0.493 e. The van der Waals surface area contributed by atoms with Crippen LogP contribution in [0.2, 0.25) is 5.02 Å². The summed E-state index contributed by atoms with van der Waals surface area (Å²) < 4.78 is 6.03. The molecule has 2 aromatic rings. The SMILES string of the molecule is COc1c(Br)cc(Cl)cc1NCC(=O)Nc1ccc2c(c1)CCN2C(C)=O. The predicted molar refractivity (Wildman–Crippen MR) is 111 cm³/mol. The minimum absolute atomic E-state index is 0.0244. The highest BCUT2D eigenvalue weighted by atomic mass is 79.9. The van der Waals surface area contributed by atoms with Gasteiger partial charge in [-0.1, -0.05) is 11.6 Å². The smallest absolute Gasteiger partial charge is 0.243 e. The van der Waals surface area contributed by atoms with Gasteiger partial charge in [0.25, 0.3) is 0 Å². The maximum absolute atomic E-state index is 12.3. The molecule has 0 atom stereocenters. The molecule has 1 aliphatic rings. The zero-order valence-electron chi connectivity index (χ0n) is 14.9. The Labute approximate surface area is 171 Å². The molecule has 1 aliphatic heterocycles. The molecular weight excluding hydrogens is 434 g/mol. The molecule has 0 unspecified atom stereocenters. The number of carbonyl (C=O) groups excluding carboxylic acids is 2. The van der Waals surface area contributed by atoms with Gasteiger partial charge in [0.1, 0.15) is 0 Å². The zero-order chi connectivity index (χ0) is 19.6. The Bertz CT molecular complexity index is 904. The summed E-state index contributed by atoms with van der Waals surface area (Å²) in [5.41, 5.74) is 3.28. The summed E-state index contributed by atoms with van der Waals surface area (Å²) in [5.74, 6) is 0.403. The van der Waals surface area contributed by atoms with Crippen LogP contribution in [-0.4, -0.2) is 32.0 Å². The molecule has 0 bridgehead atoms. The molecule has 27 heavy (non-hydrogen) atoms. The van der Waals surface area contributed by atoms with E-state index in [1.807, 2.05) is 12.1 Å².